The highest BCUT2D eigenvalue weighted by Gasteiger charge is 2.14. The van der Waals surface area contributed by atoms with Crippen molar-refractivity contribution in [3.05, 3.63) is 30.2 Å². The predicted molar refractivity (Wildman–Crippen MR) is 80.8 cm³/mol. The van der Waals surface area contributed by atoms with Gasteiger partial charge in [-0.2, -0.15) is 0 Å². The normalized spacial score (nSPS) is 12.1. The van der Waals surface area contributed by atoms with Gasteiger partial charge in [-0.25, -0.2) is 0 Å². The quantitative estimate of drug-likeness (QED) is 0.852. The molecule has 0 saturated carbocycles. The van der Waals surface area contributed by atoms with Crippen molar-refractivity contribution in [3.63, 3.8) is 0 Å². The lowest BCUT2D eigenvalue weighted by Gasteiger charge is -2.14. The molecule has 2 N–H and O–H groups in total. The van der Waals surface area contributed by atoms with Crippen molar-refractivity contribution in [2.24, 2.45) is 5.92 Å². The molecule has 1 amide bonds. The van der Waals surface area contributed by atoms with Crippen molar-refractivity contribution in [2.75, 3.05) is 18.4 Å². The number of hydrogen-bond acceptors (Lipinski definition) is 5. The Balaban J connectivity index is 2.12. The van der Waals surface area contributed by atoms with Gasteiger partial charge < -0.3 is 15.1 Å². The molecular weight excluding hydrogens is 268 g/mol. The van der Waals surface area contributed by atoms with Crippen LogP contribution in [0, 0.1) is 12.8 Å². The molecule has 0 saturated heterocycles. The lowest BCUT2D eigenvalue weighted by molar-refractivity contribution is -0.119. The number of benzene rings is 1. The minimum Gasteiger partial charge on any atom is -0.423 e. The van der Waals surface area contributed by atoms with Crippen LogP contribution in [0.15, 0.2) is 29.0 Å². The summed E-state index contributed by atoms with van der Waals surface area (Å²) in [4.78, 5) is 12.2. The van der Waals surface area contributed by atoms with Crippen molar-refractivity contribution < 1.29 is 9.21 Å². The molecular formula is C15H20N4O2. The predicted octanol–water partition coefficient (Wildman–Crippen LogP) is 2.23. The Morgan fingerprint density at radius 2 is 2.24 bits per heavy atom. The van der Waals surface area contributed by atoms with Gasteiger partial charge in [-0.05, 0) is 31.2 Å². The number of nitrogens with one attached hydrogen (secondary N) is 2. The average molecular weight is 288 g/mol. The zero-order valence-electron chi connectivity index (χ0n) is 12.5. The molecule has 21 heavy (non-hydrogen) atoms. The molecule has 1 heterocycles. The third-order valence-corrected chi connectivity index (χ3v) is 3.25. The second-order valence-corrected chi connectivity index (χ2v) is 4.97. The van der Waals surface area contributed by atoms with Crippen molar-refractivity contribution in [1.29, 1.82) is 0 Å². The zero-order chi connectivity index (χ0) is 15.2. The summed E-state index contributed by atoms with van der Waals surface area (Å²) >= 11 is 0. The zero-order valence-corrected chi connectivity index (χ0v) is 12.5. The molecule has 112 valence electrons. The van der Waals surface area contributed by atoms with E-state index in [1.54, 1.807) is 0 Å². The first-order chi connectivity index (χ1) is 10.1. The fourth-order valence-electron chi connectivity index (χ4n) is 1.90. The Morgan fingerprint density at radius 3 is 2.90 bits per heavy atom. The number of nitrogens with zero attached hydrogens (tertiary/aromatic N) is 2. The van der Waals surface area contributed by atoms with Crippen LogP contribution in [0.3, 0.4) is 0 Å². The molecule has 0 bridgehead atoms. The van der Waals surface area contributed by atoms with Crippen LogP contribution in [0.1, 0.15) is 19.4 Å². The molecule has 2 aromatic rings. The first-order valence-electron chi connectivity index (χ1n) is 7.00. The second-order valence-electron chi connectivity index (χ2n) is 4.97. The minimum atomic E-state index is -0.101. The Hall–Kier alpha value is -2.21. The minimum absolute atomic E-state index is 0.0123. The Kier molecular flexibility index (Phi) is 5.05. The number of carbonyl (C=O) groups is 1. The van der Waals surface area contributed by atoms with Crippen LogP contribution >= 0.6 is 0 Å². The molecule has 1 aromatic heterocycles. The summed E-state index contributed by atoms with van der Waals surface area (Å²) in [5.74, 6) is 0.323. The van der Waals surface area contributed by atoms with Gasteiger partial charge in [0, 0.05) is 23.7 Å². The summed E-state index contributed by atoms with van der Waals surface area (Å²) in [5.41, 5.74) is 2.54. The van der Waals surface area contributed by atoms with Crippen LogP contribution in [0.4, 0.5) is 5.69 Å². The van der Waals surface area contributed by atoms with E-state index in [4.69, 9.17) is 4.42 Å². The van der Waals surface area contributed by atoms with Crippen molar-refractivity contribution in [2.45, 2.75) is 20.8 Å². The average Bonchev–Trinajstić information content (AvgIpc) is 3.01. The van der Waals surface area contributed by atoms with Gasteiger partial charge in [0.05, 0.1) is 0 Å². The van der Waals surface area contributed by atoms with E-state index in [0.29, 0.717) is 12.4 Å². The van der Waals surface area contributed by atoms with Crippen LogP contribution in [0.25, 0.3) is 11.5 Å². The number of anilines is 1. The number of rotatable bonds is 6. The SMILES string of the molecule is CCNCC(C)C(=O)Nc1cc(-c2nnco2)ccc1C. The fraction of sp³-hybridized carbons (Fsp3) is 0.400. The van der Waals surface area contributed by atoms with E-state index in [1.807, 2.05) is 39.0 Å². The molecule has 2 rings (SSSR count). The van der Waals surface area contributed by atoms with E-state index < -0.39 is 0 Å². The first kappa shape index (κ1) is 15.2. The lowest BCUT2D eigenvalue weighted by Crippen LogP contribution is -2.30. The first-order valence-corrected chi connectivity index (χ1v) is 7.00. The largest absolute Gasteiger partial charge is 0.423 e. The highest BCUT2D eigenvalue weighted by molar-refractivity contribution is 5.93. The molecule has 0 radical (unpaired) electrons. The van der Waals surface area contributed by atoms with Gasteiger partial charge in [0.15, 0.2) is 0 Å². The van der Waals surface area contributed by atoms with Gasteiger partial charge in [-0.3, -0.25) is 4.79 Å². The third-order valence-electron chi connectivity index (χ3n) is 3.25. The molecule has 1 aromatic carbocycles. The summed E-state index contributed by atoms with van der Waals surface area (Å²) in [6.45, 7) is 7.37. The van der Waals surface area contributed by atoms with Gasteiger partial charge >= 0.3 is 0 Å². The summed E-state index contributed by atoms with van der Waals surface area (Å²) in [5, 5.41) is 13.7. The van der Waals surface area contributed by atoms with E-state index in [2.05, 4.69) is 20.8 Å². The van der Waals surface area contributed by atoms with E-state index >= 15 is 0 Å². The molecule has 0 fully saturated rings. The van der Waals surface area contributed by atoms with Crippen molar-refractivity contribution in [3.8, 4) is 11.5 Å². The number of aryl methyl sites for hydroxylation is 1. The second kappa shape index (κ2) is 6.99. The van der Waals surface area contributed by atoms with E-state index in [9.17, 15) is 4.79 Å². The summed E-state index contributed by atoms with van der Waals surface area (Å²) in [6.07, 6.45) is 1.28. The molecule has 6 nitrogen and oxygen atoms in total. The van der Waals surface area contributed by atoms with Crippen LogP contribution in [-0.2, 0) is 4.79 Å². The number of hydrogen-bond donors (Lipinski definition) is 2. The Bertz CT molecular complexity index is 596. The molecule has 1 atom stereocenters. The Morgan fingerprint density at radius 1 is 1.43 bits per heavy atom. The van der Waals surface area contributed by atoms with Gasteiger partial charge in [0.1, 0.15) is 0 Å². The fourth-order valence-corrected chi connectivity index (χ4v) is 1.90. The molecule has 0 aliphatic rings. The van der Waals surface area contributed by atoms with Gasteiger partial charge in [-0.1, -0.05) is 19.9 Å². The molecule has 0 spiro atoms. The van der Waals surface area contributed by atoms with Crippen LogP contribution < -0.4 is 10.6 Å². The van der Waals surface area contributed by atoms with E-state index in [0.717, 1.165) is 23.4 Å². The molecule has 0 aliphatic carbocycles. The third kappa shape index (κ3) is 3.88. The molecule has 1 unspecified atom stereocenters. The summed E-state index contributed by atoms with van der Waals surface area (Å²) in [6, 6.07) is 5.66. The Labute approximate surface area is 124 Å². The van der Waals surface area contributed by atoms with Crippen LogP contribution in [-0.4, -0.2) is 29.2 Å². The van der Waals surface area contributed by atoms with Crippen molar-refractivity contribution in [1.82, 2.24) is 15.5 Å². The highest BCUT2D eigenvalue weighted by Crippen LogP contribution is 2.24. The van der Waals surface area contributed by atoms with Gasteiger partial charge in [0.2, 0.25) is 18.2 Å². The van der Waals surface area contributed by atoms with Crippen LogP contribution in [0.5, 0.6) is 0 Å². The topological polar surface area (TPSA) is 80.0 Å². The number of aromatic nitrogens is 2. The highest BCUT2D eigenvalue weighted by atomic mass is 16.4. The smallest absolute Gasteiger partial charge is 0.247 e. The molecule has 6 heteroatoms. The maximum Gasteiger partial charge on any atom is 0.247 e. The maximum atomic E-state index is 12.2. The van der Waals surface area contributed by atoms with Crippen molar-refractivity contribution >= 4 is 11.6 Å². The summed E-state index contributed by atoms with van der Waals surface area (Å²) in [7, 11) is 0. The summed E-state index contributed by atoms with van der Waals surface area (Å²) < 4.78 is 5.18. The molecule has 0 aliphatic heterocycles. The lowest BCUT2D eigenvalue weighted by atomic mass is 10.1. The van der Waals surface area contributed by atoms with E-state index in [-0.39, 0.29) is 11.8 Å². The number of amides is 1. The van der Waals surface area contributed by atoms with Gasteiger partial charge in [0.25, 0.3) is 0 Å². The van der Waals surface area contributed by atoms with E-state index in [1.165, 1.54) is 6.39 Å². The monoisotopic (exact) mass is 288 g/mol. The number of carbonyl (C=O) groups excluding carboxylic acids is 1. The van der Waals surface area contributed by atoms with Gasteiger partial charge in [-0.15, -0.1) is 10.2 Å². The maximum absolute atomic E-state index is 12.2. The standard InChI is InChI=1S/C15H20N4O2/c1-4-16-8-11(3)14(20)18-13-7-12(6-5-10(13)2)15-19-17-9-21-15/h5-7,9,11,16H,4,8H2,1-3H3,(H,18,20). The van der Waals surface area contributed by atoms with Crippen LogP contribution in [0.2, 0.25) is 0 Å².